The average Bonchev–Trinajstić information content (AvgIpc) is 3.77. The van der Waals surface area contributed by atoms with Gasteiger partial charge >= 0.3 is 5.97 Å². The first kappa shape index (κ1) is 36.8. The molecule has 0 saturated heterocycles. The van der Waals surface area contributed by atoms with Crippen LogP contribution in [0.3, 0.4) is 0 Å². The number of carboxylic acids is 1. The van der Waals surface area contributed by atoms with Crippen molar-refractivity contribution in [2.45, 2.75) is 33.0 Å². The van der Waals surface area contributed by atoms with Crippen LogP contribution in [0.5, 0.6) is 0 Å². The Labute approximate surface area is 290 Å². The van der Waals surface area contributed by atoms with E-state index in [9.17, 15) is 9.90 Å². The Morgan fingerprint density at radius 1 is 0.638 bits per heavy atom. The van der Waals surface area contributed by atoms with Gasteiger partial charge in [-0.25, -0.2) is 0 Å². The summed E-state index contributed by atoms with van der Waals surface area (Å²) in [7, 11) is 0. The first-order valence-corrected chi connectivity index (χ1v) is 14.3. The molecule has 0 spiro atoms. The number of hydrogen-bond donors (Lipinski definition) is 3. The molecule has 244 valence electrons. The van der Waals surface area contributed by atoms with Gasteiger partial charge in [-0.15, -0.1) is 57.6 Å². The van der Waals surface area contributed by atoms with Crippen LogP contribution in [0.1, 0.15) is 25.0 Å². The molecule has 14 heteroatoms. The van der Waals surface area contributed by atoms with Crippen molar-refractivity contribution in [3.8, 4) is 45.0 Å². The quantitative estimate of drug-likeness (QED) is 0.134. The molecule has 0 aliphatic rings. The number of aromatic nitrogens is 8. The highest BCUT2D eigenvalue weighted by Gasteiger charge is 2.29. The van der Waals surface area contributed by atoms with E-state index < -0.39 is 12.0 Å². The van der Waals surface area contributed by atoms with Crippen molar-refractivity contribution >= 4 is 43.2 Å². The number of hydrogen-bond acceptors (Lipinski definition) is 8. The van der Waals surface area contributed by atoms with Crippen LogP contribution in [0.25, 0.3) is 45.0 Å². The Bertz CT molecular complexity index is 1710. The molecule has 0 saturated carbocycles. The number of nitrogens with one attached hydrogen (secondary N) is 2. The maximum absolute atomic E-state index is 12.5. The summed E-state index contributed by atoms with van der Waals surface area (Å²) in [6.07, 6.45) is 0. The number of carbonyl (C=O) groups is 1. The molecule has 47 heavy (non-hydrogen) atoms. The van der Waals surface area contributed by atoms with Crippen LogP contribution in [-0.2, 0) is 17.9 Å². The molecule has 0 aliphatic heterocycles. The maximum Gasteiger partial charge on any atom is 0.321 e. The van der Waals surface area contributed by atoms with E-state index in [0.29, 0.717) is 24.7 Å². The lowest BCUT2D eigenvalue weighted by Gasteiger charge is -2.31. The van der Waals surface area contributed by atoms with Gasteiger partial charge in [0.1, 0.15) is 6.04 Å². The SMILES string of the molecule is CC(C)[C@@H](C(=O)O)N(Cc1ccc(-c2ccccc2-c2nn[nH]n2)cc1)Cc1ccc(-c2ccccc2-c2nn[nH]n2)cc1.Cl.Cl.Cl. The molecule has 6 aromatic rings. The van der Waals surface area contributed by atoms with Crippen LogP contribution >= 0.6 is 37.2 Å². The summed E-state index contributed by atoms with van der Waals surface area (Å²) in [4.78, 5) is 14.5. The Hall–Kier alpha value is -4.68. The van der Waals surface area contributed by atoms with Gasteiger partial charge in [-0.05, 0) is 49.7 Å². The molecule has 0 aliphatic carbocycles. The fraction of sp³-hybridized carbons (Fsp3) is 0.182. The summed E-state index contributed by atoms with van der Waals surface area (Å²) < 4.78 is 0. The first-order valence-electron chi connectivity index (χ1n) is 14.3. The van der Waals surface area contributed by atoms with E-state index in [0.717, 1.165) is 44.5 Å². The summed E-state index contributed by atoms with van der Waals surface area (Å²) in [6.45, 7) is 4.85. The second-order valence-corrected chi connectivity index (χ2v) is 10.9. The molecular weight excluding hydrogens is 661 g/mol. The number of rotatable bonds is 11. The topological polar surface area (TPSA) is 149 Å². The fourth-order valence-corrected chi connectivity index (χ4v) is 5.58. The molecular formula is C33H34Cl3N9O2. The van der Waals surface area contributed by atoms with E-state index in [1.54, 1.807) is 0 Å². The van der Waals surface area contributed by atoms with Gasteiger partial charge in [0, 0.05) is 24.2 Å². The molecule has 0 amide bonds. The van der Waals surface area contributed by atoms with Gasteiger partial charge in [0.05, 0.1) is 0 Å². The van der Waals surface area contributed by atoms with Gasteiger partial charge < -0.3 is 5.11 Å². The van der Waals surface area contributed by atoms with Crippen molar-refractivity contribution < 1.29 is 9.90 Å². The van der Waals surface area contributed by atoms with Crippen molar-refractivity contribution in [1.82, 2.24) is 46.1 Å². The van der Waals surface area contributed by atoms with Crippen molar-refractivity contribution in [1.29, 1.82) is 0 Å². The minimum absolute atomic E-state index is 0. The van der Waals surface area contributed by atoms with Crippen LogP contribution < -0.4 is 0 Å². The highest BCUT2D eigenvalue weighted by molar-refractivity contribution is 5.86. The molecule has 2 heterocycles. The van der Waals surface area contributed by atoms with E-state index >= 15 is 0 Å². The highest BCUT2D eigenvalue weighted by Crippen LogP contribution is 2.32. The van der Waals surface area contributed by atoms with Crippen molar-refractivity contribution in [2.24, 2.45) is 5.92 Å². The number of benzene rings is 4. The van der Waals surface area contributed by atoms with Gasteiger partial charge in [-0.3, -0.25) is 9.69 Å². The standard InChI is InChI=1S/C33H31N9O2.3ClH/c1-21(2)30(33(43)44)42(19-22-11-15-24(16-12-22)26-7-3-5-9-28(26)31-34-38-39-35-31)20-23-13-17-25(18-14-23)27-8-4-6-10-29(27)32-36-40-41-37-32;;;/h3-18,21,30H,19-20H2,1-2H3,(H,43,44)(H,34,35,38,39)(H,36,37,40,41);3*1H/t30-;;;/m0.../s1. The lowest BCUT2D eigenvalue weighted by Crippen LogP contribution is -2.43. The van der Waals surface area contributed by atoms with E-state index in [1.165, 1.54) is 0 Å². The van der Waals surface area contributed by atoms with Gasteiger partial charge in [0.15, 0.2) is 0 Å². The minimum atomic E-state index is -0.837. The van der Waals surface area contributed by atoms with Gasteiger partial charge in [-0.2, -0.15) is 10.4 Å². The predicted molar refractivity (Wildman–Crippen MR) is 187 cm³/mol. The van der Waals surface area contributed by atoms with Crippen LogP contribution in [0.2, 0.25) is 0 Å². The van der Waals surface area contributed by atoms with Crippen molar-refractivity contribution in [3.63, 3.8) is 0 Å². The largest absolute Gasteiger partial charge is 0.480 e. The monoisotopic (exact) mass is 693 g/mol. The molecule has 0 bridgehead atoms. The van der Waals surface area contributed by atoms with Crippen molar-refractivity contribution in [3.05, 3.63) is 108 Å². The van der Waals surface area contributed by atoms with E-state index in [4.69, 9.17) is 0 Å². The van der Waals surface area contributed by atoms with Crippen LogP contribution in [-0.4, -0.2) is 63.3 Å². The van der Waals surface area contributed by atoms with E-state index in [2.05, 4.69) is 41.2 Å². The molecule has 11 nitrogen and oxygen atoms in total. The molecule has 0 fully saturated rings. The summed E-state index contributed by atoms with van der Waals surface area (Å²) in [5.41, 5.74) is 7.79. The zero-order valence-corrected chi connectivity index (χ0v) is 28.0. The fourth-order valence-electron chi connectivity index (χ4n) is 5.58. The number of halogens is 3. The lowest BCUT2D eigenvalue weighted by atomic mass is 9.96. The second kappa shape index (κ2) is 16.8. The normalized spacial score (nSPS) is 11.3. The summed E-state index contributed by atoms with van der Waals surface area (Å²) in [5, 5.41) is 39.2. The van der Waals surface area contributed by atoms with E-state index in [1.807, 2.05) is 116 Å². The zero-order chi connectivity index (χ0) is 30.5. The number of carboxylic acid groups (broad SMARTS) is 1. The third-order valence-corrected chi connectivity index (χ3v) is 7.61. The molecule has 0 radical (unpaired) electrons. The Morgan fingerprint density at radius 2 is 1.02 bits per heavy atom. The molecule has 3 N–H and O–H groups in total. The average molecular weight is 695 g/mol. The Kier molecular flexibility index (Phi) is 13.1. The number of nitrogens with zero attached hydrogens (tertiary/aromatic N) is 7. The number of aromatic amines is 2. The molecule has 2 aromatic heterocycles. The summed E-state index contributed by atoms with van der Waals surface area (Å²) >= 11 is 0. The Balaban J connectivity index is 0.00000200. The predicted octanol–water partition coefficient (Wildman–Crippen LogP) is 6.76. The van der Waals surface area contributed by atoms with Crippen molar-refractivity contribution in [2.75, 3.05) is 0 Å². The first-order chi connectivity index (χ1) is 21.5. The van der Waals surface area contributed by atoms with Gasteiger partial charge in [-0.1, -0.05) is 111 Å². The minimum Gasteiger partial charge on any atom is -0.480 e. The van der Waals surface area contributed by atoms with Crippen LogP contribution in [0, 0.1) is 5.92 Å². The zero-order valence-electron chi connectivity index (χ0n) is 25.5. The molecule has 0 unspecified atom stereocenters. The van der Waals surface area contributed by atoms with Crippen LogP contribution in [0.15, 0.2) is 97.1 Å². The smallest absolute Gasteiger partial charge is 0.321 e. The summed E-state index contributed by atoms with van der Waals surface area (Å²) in [6, 6.07) is 31.5. The third-order valence-electron chi connectivity index (χ3n) is 7.61. The maximum atomic E-state index is 12.5. The third kappa shape index (κ3) is 8.38. The number of H-pyrrole nitrogens is 2. The number of aliphatic carboxylic acids is 1. The molecule has 1 atom stereocenters. The molecule has 6 rings (SSSR count). The Morgan fingerprint density at radius 3 is 1.34 bits per heavy atom. The lowest BCUT2D eigenvalue weighted by molar-refractivity contribution is -0.145. The van der Waals surface area contributed by atoms with Gasteiger partial charge in [0.2, 0.25) is 11.6 Å². The summed E-state index contributed by atoms with van der Waals surface area (Å²) in [5.74, 6) is 0.133. The number of tetrazole rings is 2. The van der Waals surface area contributed by atoms with Gasteiger partial charge in [0.25, 0.3) is 0 Å². The highest BCUT2D eigenvalue weighted by atomic mass is 35.5. The van der Waals surface area contributed by atoms with E-state index in [-0.39, 0.29) is 43.1 Å². The second-order valence-electron chi connectivity index (χ2n) is 10.9. The molecule has 4 aromatic carbocycles. The van der Waals surface area contributed by atoms with Crippen LogP contribution in [0.4, 0.5) is 0 Å².